The second-order valence-corrected chi connectivity index (χ2v) is 7.34. The van der Waals surface area contributed by atoms with Gasteiger partial charge in [0.1, 0.15) is 17.0 Å². The standard InChI is InChI=1S/C19H20FN5O3.CH2O2/c1-24-17-14(8-21-24)18(26)23-16(22-17)10-25-5-4-12(9-25)6-11-2-3-15(20)13(7-11)19(27)28;2-1-3/h2-3,7-8,12H,4-6,9-10H2,1H3,(H,27,28)(H,22,23,26);1H,(H,2,3). The Hall–Kier alpha value is -3.60. The topological polar surface area (TPSA) is 141 Å². The first-order valence-corrected chi connectivity index (χ1v) is 9.55. The van der Waals surface area contributed by atoms with E-state index in [9.17, 15) is 14.0 Å². The molecule has 31 heavy (non-hydrogen) atoms. The van der Waals surface area contributed by atoms with E-state index in [4.69, 9.17) is 15.0 Å². The lowest BCUT2D eigenvalue weighted by molar-refractivity contribution is -0.122. The first-order chi connectivity index (χ1) is 14.8. The number of nitrogens with zero attached hydrogens (tertiary/aromatic N) is 4. The molecule has 3 heterocycles. The molecule has 0 amide bonds. The van der Waals surface area contributed by atoms with Crippen LogP contribution in [0, 0.1) is 11.7 Å². The SMILES string of the molecule is Cn1ncc2c(=O)[nH]c(CN3CCC(Cc4ccc(F)c(C(=O)O)c4)C3)nc21.O=CO. The van der Waals surface area contributed by atoms with Gasteiger partial charge in [0.05, 0.1) is 18.3 Å². The maximum atomic E-state index is 13.6. The van der Waals surface area contributed by atoms with Crippen LogP contribution in [-0.2, 0) is 24.8 Å². The largest absolute Gasteiger partial charge is 0.483 e. The highest BCUT2D eigenvalue weighted by Gasteiger charge is 2.24. The summed E-state index contributed by atoms with van der Waals surface area (Å²) < 4.78 is 15.1. The van der Waals surface area contributed by atoms with Crippen LogP contribution in [0.2, 0.25) is 0 Å². The third-order valence-corrected chi connectivity index (χ3v) is 5.18. The van der Waals surface area contributed by atoms with Crippen molar-refractivity contribution in [2.75, 3.05) is 13.1 Å². The van der Waals surface area contributed by atoms with E-state index in [1.54, 1.807) is 17.8 Å². The van der Waals surface area contributed by atoms with Crippen LogP contribution in [-0.4, -0.2) is 60.4 Å². The van der Waals surface area contributed by atoms with Crippen molar-refractivity contribution in [2.24, 2.45) is 13.0 Å². The van der Waals surface area contributed by atoms with E-state index in [0.717, 1.165) is 25.1 Å². The molecule has 2 aromatic heterocycles. The van der Waals surface area contributed by atoms with E-state index >= 15 is 0 Å². The van der Waals surface area contributed by atoms with Gasteiger partial charge >= 0.3 is 5.97 Å². The molecule has 10 nitrogen and oxygen atoms in total. The number of benzene rings is 1. The van der Waals surface area contributed by atoms with Gasteiger partial charge in [-0.3, -0.25) is 19.2 Å². The fraction of sp³-hybridized carbons (Fsp3) is 0.350. The summed E-state index contributed by atoms with van der Waals surface area (Å²) >= 11 is 0. The molecule has 11 heteroatoms. The molecule has 1 saturated heterocycles. The summed E-state index contributed by atoms with van der Waals surface area (Å²) in [7, 11) is 1.75. The van der Waals surface area contributed by atoms with E-state index in [2.05, 4.69) is 20.0 Å². The smallest absolute Gasteiger partial charge is 0.338 e. The minimum atomic E-state index is -1.26. The molecule has 0 spiro atoms. The number of carboxylic acid groups (broad SMARTS) is 2. The van der Waals surface area contributed by atoms with E-state index < -0.39 is 11.8 Å². The van der Waals surface area contributed by atoms with Crippen molar-refractivity contribution in [1.29, 1.82) is 0 Å². The van der Waals surface area contributed by atoms with Crippen LogP contribution in [0.25, 0.3) is 11.0 Å². The van der Waals surface area contributed by atoms with Crippen LogP contribution >= 0.6 is 0 Å². The Morgan fingerprint density at radius 3 is 2.87 bits per heavy atom. The van der Waals surface area contributed by atoms with Crippen molar-refractivity contribution in [3.05, 3.63) is 57.5 Å². The van der Waals surface area contributed by atoms with Gasteiger partial charge in [0, 0.05) is 13.6 Å². The van der Waals surface area contributed by atoms with Gasteiger partial charge in [0.25, 0.3) is 12.0 Å². The number of H-pyrrole nitrogens is 1. The van der Waals surface area contributed by atoms with Gasteiger partial charge < -0.3 is 15.2 Å². The number of aromatic nitrogens is 4. The number of fused-ring (bicyclic) bond motifs is 1. The fourth-order valence-electron chi connectivity index (χ4n) is 3.78. The van der Waals surface area contributed by atoms with Gasteiger partial charge in [0.15, 0.2) is 5.65 Å². The monoisotopic (exact) mass is 431 g/mol. The molecule has 0 bridgehead atoms. The highest BCUT2D eigenvalue weighted by Crippen LogP contribution is 2.23. The third-order valence-electron chi connectivity index (χ3n) is 5.18. The van der Waals surface area contributed by atoms with E-state index in [1.165, 1.54) is 18.3 Å². The lowest BCUT2D eigenvalue weighted by atomic mass is 9.97. The number of hydrogen-bond donors (Lipinski definition) is 3. The minimum Gasteiger partial charge on any atom is -0.483 e. The van der Waals surface area contributed by atoms with Crippen molar-refractivity contribution in [2.45, 2.75) is 19.4 Å². The lowest BCUT2D eigenvalue weighted by Crippen LogP contribution is -2.24. The highest BCUT2D eigenvalue weighted by atomic mass is 19.1. The van der Waals surface area contributed by atoms with E-state index in [-0.39, 0.29) is 17.6 Å². The van der Waals surface area contributed by atoms with E-state index in [0.29, 0.717) is 35.7 Å². The van der Waals surface area contributed by atoms with Crippen LogP contribution in [0.15, 0.2) is 29.2 Å². The van der Waals surface area contributed by atoms with Gasteiger partial charge in [-0.1, -0.05) is 6.07 Å². The summed E-state index contributed by atoms with van der Waals surface area (Å²) in [5.74, 6) is -1.05. The Morgan fingerprint density at radius 1 is 1.42 bits per heavy atom. The predicted octanol–water partition coefficient (Wildman–Crippen LogP) is 1.26. The summed E-state index contributed by atoms with van der Waals surface area (Å²) in [6.45, 7) is 1.92. The minimum absolute atomic E-state index is 0.198. The quantitative estimate of drug-likeness (QED) is 0.513. The number of carbonyl (C=O) groups is 2. The molecule has 1 atom stereocenters. The number of hydrogen-bond acceptors (Lipinski definition) is 6. The maximum absolute atomic E-state index is 13.6. The first kappa shape index (κ1) is 22.1. The Labute approximate surface area is 175 Å². The van der Waals surface area contributed by atoms with Gasteiger partial charge in [-0.25, -0.2) is 14.2 Å². The molecule has 164 valence electrons. The summed E-state index contributed by atoms with van der Waals surface area (Å²) in [4.78, 5) is 41.1. The zero-order valence-electron chi connectivity index (χ0n) is 16.8. The molecule has 4 rings (SSSR count). The van der Waals surface area contributed by atoms with Gasteiger partial charge in [-0.15, -0.1) is 0 Å². The van der Waals surface area contributed by atoms with Crippen molar-refractivity contribution >= 4 is 23.5 Å². The number of aromatic amines is 1. The van der Waals surface area contributed by atoms with Crippen molar-refractivity contribution in [1.82, 2.24) is 24.6 Å². The molecule has 1 unspecified atom stereocenters. The van der Waals surface area contributed by atoms with Crippen LogP contribution in [0.4, 0.5) is 4.39 Å². The summed E-state index contributed by atoms with van der Waals surface area (Å²) in [5.41, 5.74) is 0.880. The first-order valence-electron chi connectivity index (χ1n) is 9.55. The highest BCUT2D eigenvalue weighted by molar-refractivity contribution is 5.88. The summed E-state index contributed by atoms with van der Waals surface area (Å²) in [6.07, 6.45) is 3.13. The molecular formula is C20H22FN5O5. The lowest BCUT2D eigenvalue weighted by Gasteiger charge is -2.15. The van der Waals surface area contributed by atoms with Gasteiger partial charge in [-0.2, -0.15) is 5.10 Å². The molecule has 1 fully saturated rings. The molecule has 1 aliphatic rings. The number of rotatable bonds is 5. The molecule has 0 radical (unpaired) electrons. The molecule has 0 saturated carbocycles. The van der Waals surface area contributed by atoms with Crippen LogP contribution in [0.3, 0.4) is 0 Å². The molecular weight excluding hydrogens is 409 g/mol. The maximum Gasteiger partial charge on any atom is 0.338 e. The molecule has 1 aliphatic heterocycles. The van der Waals surface area contributed by atoms with Crippen molar-refractivity contribution in [3.8, 4) is 0 Å². The van der Waals surface area contributed by atoms with Gasteiger partial charge in [0.2, 0.25) is 0 Å². The molecule has 3 N–H and O–H groups in total. The number of aromatic carboxylic acids is 1. The summed E-state index contributed by atoms with van der Waals surface area (Å²) in [5, 5.41) is 20.5. The summed E-state index contributed by atoms with van der Waals surface area (Å²) in [6, 6.07) is 4.26. The predicted molar refractivity (Wildman–Crippen MR) is 108 cm³/mol. The third kappa shape index (κ3) is 5.12. The number of likely N-dealkylation sites (tertiary alicyclic amines) is 1. The van der Waals surface area contributed by atoms with Crippen LogP contribution < -0.4 is 5.56 Å². The molecule has 3 aromatic rings. The fourth-order valence-corrected chi connectivity index (χ4v) is 3.78. The second-order valence-electron chi connectivity index (χ2n) is 7.34. The van der Waals surface area contributed by atoms with Crippen LogP contribution in [0.5, 0.6) is 0 Å². The number of carboxylic acids is 1. The van der Waals surface area contributed by atoms with Gasteiger partial charge in [-0.05, 0) is 43.0 Å². The number of halogens is 1. The zero-order chi connectivity index (χ0) is 22.5. The van der Waals surface area contributed by atoms with Crippen molar-refractivity contribution < 1.29 is 24.2 Å². The zero-order valence-corrected chi connectivity index (χ0v) is 16.8. The van der Waals surface area contributed by atoms with E-state index in [1.807, 2.05) is 0 Å². The molecule has 0 aliphatic carbocycles. The molecule has 1 aromatic carbocycles. The normalized spacial score (nSPS) is 16.1. The Bertz CT molecular complexity index is 1160. The number of nitrogens with one attached hydrogen (secondary N) is 1. The second kappa shape index (κ2) is 9.47. The Balaban J connectivity index is 0.000000858. The Kier molecular flexibility index (Phi) is 6.75. The van der Waals surface area contributed by atoms with Crippen molar-refractivity contribution in [3.63, 3.8) is 0 Å². The van der Waals surface area contributed by atoms with Crippen LogP contribution in [0.1, 0.15) is 28.2 Å². The average Bonchev–Trinajstić information content (AvgIpc) is 3.31. The Morgan fingerprint density at radius 2 is 2.16 bits per heavy atom. The average molecular weight is 431 g/mol. The number of aryl methyl sites for hydroxylation is 1.